The molecule has 1 aromatic carbocycles. The molecule has 9 nitrogen and oxygen atoms in total. The molecule has 0 aliphatic rings. The van der Waals surface area contributed by atoms with Crippen molar-refractivity contribution in [3.8, 4) is 0 Å². The molecule has 4 rings (SSSR count). The van der Waals surface area contributed by atoms with Crippen LogP contribution in [0.5, 0.6) is 0 Å². The van der Waals surface area contributed by atoms with Crippen molar-refractivity contribution < 1.29 is 14.3 Å². The van der Waals surface area contributed by atoms with Crippen molar-refractivity contribution in [1.29, 1.82) is 0 Å². The fourth-order valence-corrected chi connectivity index (χ4v) is 5.15. The number of nitrogens with one attached hydrogen (secondary N) is 1. The number of esters is 1. The molecule has 3 aromatic heterocycles. The molecule has 34 heavy (non-hydrogen) atoms. The number of rotatable bonds is 10. The van der Waals surface area contributed by atoms with Gasteiger partial charge in [0, 0.05) is 6.54 Å². The molecule has 11 heteroatoms. The van der Waals surface area contributed by atoms with E-state index < -0.39 is 5.97 Å². The number of aromatic nitrogens is 4. The molecule has 0 saturated carbocycles. The number of hydrogen-bond acceptors (Lipinski definition) is 8. The fraction of sp³-hybridized carbons (Fsp3) is 0.348. The Morgan fingerprint density at radius 2 is 1.97 bits per heavy atom. The van der Waals surface area contributed by atoms with E-state index in [-0.39, 0.29) is 23.8 Å². The normalized spacial score (nSPS) is 11.2. The van der Waals surface area contributed by atoms with Gasteiger partial charge in [-0.25, -0.2) is 4.79 Å². The third-order valence-corrected chi connectivity index (χ3v) is 6.97. The first-order chi connectivity index (χ1) is 16.5. The maximum Gasteiger partial charge on any atom is 0.341 e. The lowest BCUT2D eigenvalue weighted by Crippen LogP contribution is -2.23. The summed E-state index contributed by atoms with van der Waals surface area (Å²) in [6.45, 7) is 4.66. The summed E-state index contributed by atoms with van der Waals surface area (Å²) in [6.07, 6.45) is 2.92. The van der Waals surface area contributed by atoms with Gasteiger partial charge in [0.2, 0.25) is 11.7 Å². The number of fused-ring (bicyclic) bond motifs is 3. The topological polar surface area (TPSA) is 108 Å². The number of nitrogens with zero attached hydrogens (tertiary/aromatic N) is 4. The summed E-state index contributed by atoms with van der Waals surface area (Å²) in [6, 6.07) is 8.96. The van der Waals surface area contributed by atoms with E-state index in [0.717, 1.165) is 19.3 Å². The van der Waals surface area contributed by atoms with E-state index in [2.05, 4.69) is 22.4 Å². The molecule has 3 heterocycles. The average Bonchev–Trinajstić information content (AvgIpc) is 3.47. The van der Waals surface area contributed by atoms with Crippen molar-refractivity contribution in [3.05, 3.63) is 51.6 Å². The third kappa shape index (κ3) is 4.85. The third-order valence-electron chi connectivity index (χ3n) is 5.21. The molecule has 178 valence electrons. The van der Waals surface area contributed by atoms with Crippen molar-refractivity contribution in [2.75, 3.05) is 17.7 Å². The van der Waals surface area contributed by atoms with Gasteiger partial charge in [0.05, 0.1) is 28.8 Å². The van der Waals surface area contributed by atoms with Crippen LogP contribution in [0.1, 0.15) is 43.5 Å². The second-order valence-electron chi connectivity index (χ2n) is 7.52. The van der Waals surface area contributed by atoms with E-state index >= 15 is 0 Å². The summed E-state index contributed by atoms with van der Waals surface area (Å²) in [4.78, 5) is 37.8. The summed E-state index contributed by atoms with van der Waals surface area (Å²) in [7, 11) is 0. The number of aryl methyl sites for hydroxylation is 1. The Balaban J connectivity index is 1.59. The van der Waals surface area contributed by atoms with E-state index in [1.165, 1.54) is 23.1 Å². The predicted octanol–water partition coefficient (Wildman–Crippen LogP) is 4.20. The van der Waals surface area contributed by atoms with Crippen LogP contribution >= 0.6 is 23.1 Å². The number of benzene rings is 1. The summed E-state index contributed by atoms with van der Waals surface area (Å²) in [5.41, 5.74) is 0.940. The average molecular weight is 500 g/mol. The van der Waals surface area contributed by atoms with E-state index in [0.29, 0.717) is 38.9 Å². The Kier molecular flexibility index (Phi) is 7.63. The highest BCUT2D eigenvalue weighted by Gasteiger charge is 2.19. The van der Waals surface area contributed by atoms with Gasteiger partial charge in [-0.15, -0.1) is 21.5 Å². The van der Waals surface area contributed by atoms with Crippen LogP contribution in [0.4, 0.5) is 5.00 Å². The molecule has 0 aliphatic heterocycles. The molecular formula is C23H25N5O4S2. The predicted molar refractivity (Wildman–Crippen MR) is 134 cm³/mol. The SMILES string of the molecule is CCCCCn1c(=O)c2ccccc2n2c(SCC(=O)Nc3sccc3C(=O)OCC)nnc12. The number of para-hydroxylation sites is 1. The molecule has 0 radical (unpaired) electrons. The van der Waals surface area contributed by atoms with Crippen LogP contribution in [0.15, 0.2) is 45.7 Å². The number of carbonyl (C=O) groups is 2. The van der Waals surface area contributed by atoms with Gasteiger partial charge in [-0.1, -0.05) is 43.7 Å². The summed E-state index contributed by atoms with van der Waals surface area (Å²) < 4.78 is 8.52. The standard InChI is InChI=1S/C23H25N5O4S2/c1-3-5-8-12-27-20(30)15-9-6-7-10-17(15)28-22(27)25-26-23(28)34-14-18(29)24-19-16(11-13-33-19)21(31)32-4-2/h6-7,9-11,13H,3-5,8,12,14H2,1-2H3,(H,24,29). The largest absolute Gasteiger partial charge is 0.462 e. The molecule has 0 aliphatic carbocycles. The van der Waals surface area contributed by atoms with Crippen LogP contribution < -0.4 is 10.9 Å². The van der Waals surface area contributed by atoms with Crippen molar-refractivity contribution in [3.63, 3.8) is 0 Å². The molecule has 1 N–H and O–H groups in total. The zero-order chi connectivity index (χ0) is 24.1. The first-order valence-corrected chi connectivity index (χ1v) is 13.0. The fourth-order valence-electron chi connectivity index (χ4n) is 3.62. The molecule has 0 spiro atoms. The quantitative estimate of drug-likeness (QED) is 0.198. The van der Waals surface area contributed by atoms with E-state index in [1.807, 2.05) is 22.6 Å². The summed E-state index contributed by atoms with van der Waals surface area (Å²) in [5, 5.41) is 14.6. The monoisotopic (exact) mass is 499 g/mol. The van der Waals surface area contributed by atoms with Gasteiger partial charge in [0.25, 0.3) is 5.56 Å². The Morgan fingerprint density at radius 1 is 1.15 bits per heavy atom. The number of carbonyl (C=O) groups excluding carboxylic acids is 2. The van der Waals surface area contributed by atoms with E-state index in [4.69, 9.17) is 4.74 Å². The summed E-state index contributed by atoms with van der Waals surface area (Å²) >= 11 is 2.48. The van der Waals surface area contributed by atoms with Crippen LogP contribution in [0, 0.1) is 0 Å². The smallest absolute Gasteiger partial charge is 0.341 e. The molecule has 0 fully saturated rings. The minimum atomic E-state index is -0.470. The van der Waals surface area contributed by atoms with Crippen LogP contribution in [-0.4, -0.2) is 43.4 Å². The second kappa shape index (κ2) is 10.8. The zero-order valence-electron chi connectivity index (χ0n) is 18.9. The molecular weight excluding hydrogens is 474 g/mol. The van der Waals surface area contributed by atoms with Crippen molar-refractivity contribution in [1.82, 2.24) is 19.2 Å². The minimum Gasteiger partial charge on any atom is -0.462 e. The lowest BCUT2D eigenvalue weighted by Gasteiger charge is -2.11. The number of unbranched alkanes of at least 4 members (excludes halogenated alkanes) is 2. The van der Waals surface area contributed by atoms with Gasteiger partial charge in [0.1, 0.15) is 5.00 Å². The molecule has 0 saturated heterocycles. The maximum absolute atomic E-state index is 13.1. The number of thiophene rings is 1. The minimum absolute atomic E-state index is 0.0598. The Morgan fingerprint density at radius 3 is 2.76 bits per heavy atom. The van der Waals surface area contributed by atoms with Crippen LogP contribution in [-0.2, 0) is 16.1 Å². The van der Waals surface area contributed by atoms with Gasteiger partial charge in [0.15, 0.2) is 5.16 Å². The van der Waals surface area contributed by atoms with Gasteiger partial charge in [-0.2, -0.15) is 0 Å². The maximum atomic E-state index is 13.1. The second-order valence-corrected chi connectivity index (χ2v) is 9.38. The zero-order valence-corrected chi connectivity index (χ0v) is 20.6. The van der Waals surface area contributed by atoms with Gasteiger partial charge < -0.3 is 10.1 Å². The molecule has 1 amide bonds. The number of anilines is 1. The Labute approximate surface area is 204 Å². The Bertz CT molecular complexity index is 1390. The van der Waals surface area contributed by atoms with Gasteiger partial charge in [-0.3, -0.25) is 18.6 Å². The van der Waals surface area contributed by atoms with Crippen LogP contribution in [0.2, 0.25) is 0 Å². The lowest BCUT2D eigenvalue weighted by atomic mass is 10.2. The molecule has 0 atom stereocenters. The molecule has 4 aromatic rings. The number of hydrogen-bond donors (Lipinski definition) is 1. The number of thioether (sulfide) groups is 1. The molecule has 0 bridgehead atoms. The highest BCUT2D eigenvalue weighted by atomic mass is 32.2. The highest BCUT2D eigenvalue weighted by molar-refractivity contribution is 7.99. The van der Waals surface area contributed by atoms with Crippen molar-refractivity contribution in [2.24, 2.45) is 0 Å². The lowest BCUT2D eigenvalue weighted by molar-refractivity contribution is -0.113. The van der Waals surface area contributed by atoms with Gasteiger partial charge >= 0.3 is 5.97 Å². The van der Waals surface area contributed by atoms with Crippen LogP contribution in [0.3, 0.4) is 0 Å². The van der Waals surface area contributed by atoms with E-state index in [1.54, 1.807) is 29.0 Å². The molecule has 0 unspecified atom stereocenters. The highest BCUT2D eigenvalue weighted by Crippen LogP contribution is 2.26. The first kappa shape index (κ1) is 24.0. The van der Waals surface area contributed by atoms with E-state index in [9.17, 15) is 14.4 Å². The number of ether oxygens (including phenoxy) is 1. The van der Waals surface area contributed by atoms with Crippen molar-refractivity contribution >= 4 is 56.7 Å². The van der Waals surface area contributed by atoms with Gasteiger partial charge in [-0.05, 0) is 36.9 Å². The Hall–Kier alpha value is -3.18. The summed E-state index contributed by atoms with van der Waals surface area (Å²) in [5.74, 6) is -0.229. The van der Waals surface area contributed by atoms with Crippen molar-refractivity contribution in [2.45, 2.75) is 44.8 Å². The first-order valence-electron chi connectivity index (χ1n) is 11.1. The number of amides is 1. The van der Waals surface area contributed by atoms with Crippen LogP contribution in [0.25, 0.3) is 16.7 Å².